The van der Waals surface area contributed by atoms with Crippen LogP contribution >= 0.6 is 11.3 Å². The van der Waals surface area contributed by atoms with Crippen LogP contribution in [0.25, 0.3) is 0 Å². The number of rotatable bonds is 2. The van der Waals surface area contributed by atoms with Crippen molar-refractivity contribution in [2.24, 2.45) is 0 Å². The summed E-state index contributed by atoms with van der Waals surface area (Å²) in [5, 5.41) is 4.20. The average molecular weight is 272 g/mol. The van der Waals surface area contributed by atoms with Crippen LogP contribution in [0.15, 0.2) is 35.8 Å². The Morgan fingerprint density at radius 3 is 2.56 bits per heavy atom. The van der Waals surface area contributed by atoms with E-state index in [0.717, 1.165) is 12.3 Å². The van der Waals surface area contributed by atoms with Crippen molar-refractivity contribution in [2.75, 3.05) is 5.32 Å². The first-order valence-electron chi connectivity index (χ1n) is 4.85. The Kier molecular flexibility index (Phi) is 3.33. The summed E-state index contributed by atoms with van der Waals surface area (Å²) in [6.07, 6.45) is -3.50. The molecule has 2 aromatic rings. The lowest BCUT2D eigenvalue weighted by molar-refractivity contribution is -0.141. The predicted octanol–water partition coefficient (Wildman–Crippen LogP) is 3.41. The van der Waals surface area contributed by atoms with Crippen molar-refractivity contribution in [1.29, 1.82) is 0 Å². The maximum absolute atomic E-state index is 12.3. The van der Waals surface area contributed by atoms with Crippen LogP contribution < -0.4 is 5.32 Å². The predicted molar refractivity (Wildman–Crippen MR) is 61.5 cm³/mol. The number of anilines is 1. The highest BCUT2D eigenvalue weighted by Gasteiger charge is 2.32. The summed E-state index contributed by atoms with van der Waals surface area (Å²) >= 11 is 1.25. The molecule has 0 bridgehead atoms. The molecule has 0 unspecified atom stereocenters. The largest absolute Gasteiger partial charge is 0.433 e. The summed E-state index contributed by atoms with van der Waals surface area (Å²) in [6.45, 7) is 0. The van der Waals surface area contributed by atoms with Gasteiger partial charge in [-0.05, 0) is 23.6 Å². The second-order valence-corrected chi connectivity index (χ2v) is 4.31. The zero-order valence-electron chi connectivity index (χ0n) is 8.86. The van der Waals surface area contributed by atoms with Gasteiger partial charge in [-0.2, -0.15) is 13.2 Å². The van der Waals surface area contributed by atoms with Crippen LogP contribution in [-0.4, -0.2) is 10.9 Å². The topological polar surface area (TPSA) is 42.0 Å². The third kappa shape index (κ3) is 2.86. The molecule has 2 rings (SSSR count). The fourth-order valence-electron chi connectivity index (χ4n) is 1.24. The highest BCUT2D eigenvalue weighted by Crippen LogP contribution is 2.27. The minimum Gasteiger partial charge on any atom is -0.320 e. The molecular weight excluding hydrogens is 265 g/mol. The van der Waals surface area contributed by atoms with Crippen LogP contribution in [0.3, 0.4) is 0 Å². The van der Waals surface area contributed by atoms with Gasteiger partial charge in [-0.1, -0.05) is 6.07 Å². The monoisotopic (exact) mass is 272 g/mol. The van der Waals surface area contributed by atoms with Gasteiger partial charge in [0.15, 0.2) is 0 Å². The number of hydrogen-bond donors (Lipinski definition) is 1. The van der Waals surface area contributed by atoms with E-state index in [4.69, 9.17) is 0 Å². The normalized spacial score (nSPS) is 11.3. The molecule has 0 saturated heterocycles. The van der Waals surface area contributed by atoms with Gasteiger partial charge >= 0.3 is 6.18 Å². The van der Waals surface area contributed by atoms with E-state index in [1.54, 1.807) is 17.5 Å². The molecule has 18 heavy (non-hydrogen) atoms. The zero-order chi connectivity index (χ0) is 13.2. The minimum atomic E-state index is -4.48. The Labute approximate surface area is 104 Å². The Balaban J connectivity index is 2.09. The molecule has 0 fully saturated rings. The van der Waals surface area contributed by atoms with E-state index < -0.39 is 11.9 Å². The van der Waals surface area contributed by atoms with E-state index in [2.05, 4.69) is 10.3 Å². The van der Waals surface area contributed by atoms with E-state index in [1.165, 1.54) is 17.4 Å². The van der Waals surface area contributed by atoms with Crippen molar-refractivity contribution in [3.05, 3.63) is 46.4 Å². The highest BCUT2D eigenvalue weighted by atomic mass is 32.1. The number of thiophene rings is 1. The number of halogens is 3. The molecule has 0 aromatic carbocycles. The van der Waals surface area contributed by atoms with Crippen LogP contribution in [0.5, 0.6) is 0 Å². The van der Waals surface area contributed by atoms with Gasteiger partial charge in [0.25, 0.3) is 5.91 Å². The Hall–Kier alpha value is -1.89. The SMILES string of the molecule is O=C(Nc1ccc(C(F)(F)F)nc1)c1cccs1. The highest BCUT2D eigenvalue weighted by molar-refractivity contribution is 7.12. The van der Waals surface area contributed by atoms with Crippen molar-refractivity contribution in [3.63, 3.8) is 0 Å². The summed E-state index contributed by atoms with van der Waals surface area (Å²) in [4.78, 5) is 15.3. The van der Waals surface area contributed by atoms with E-state index in [-0.39, 0.29) is 11.6 Å². The number of alkyl halides is 3. The lowest BCUT2D eigenvalue weighted by Crippen LogP contribution is -2.12. The number of nitrogens with one attached hydrogen (secondary N) is 1. The fraction of sp³-hybridized carbons (Fsp3) is 0.0909. The van der Waals surface area contributed by atoms with Crippen molar-refractivity contribution in [1.82, 2.24) is 4.98 Å². The molecule has 0 spiro atoms. The summed E-state index contributed by atoms with van der Waals surface area (Å²) in [5.41, 5.74) is -0.766. The number of amides is 1. The number of aromatic nitrogens is 1. The van der Waals surface area contributed by atoms with Crippen molar-refractivity contribution in [3.8, 4) is 0 Å². The molecule has 3 nitrogen and oxygen atoms in total. The van der Waals surface area contributed by atoms with Crippen molar-refractivity contribution >= 4 is 22.9 Å². The molecule has 2 aromatic heterocycles. The van der Waals surface area contributed by atoms with Gasteiger partial charge in [0, 0.05) is 0 Å². The summed E-state index contributed by atoms with van der Waals surface area (Å²) in [6, 6.07) is 5.33. The fourth-order valence-corrected chi connectivity index (χ4v) is 1.85. The van der Waals surface area contributed by atoms with Gasteiger partial charge in [-0.3, -0.25) is 4.79 Å². The van der Waals surface area contributed by atoms with Gasteiger partial charge in [-0.15, -0.1) is 11.3 Å². The number of carbonyl (C=O) groups excluding carboxylic acids is 1. The maximum atomic E-state index is 12.3. The summed E-state index contributed by atoms with van der Waals surface area (Å²) in [5.74, 6) is -0.369. The number of nitrogens with zero attached hydrogens (tertiary/aromatic N) is 1. The molecule has 0 aliphatic heterocycles. The number of hydrogen-bond acceptors (Lipinski definition) is 3. The van der Waals surface area contributed by atoms with Crippen LogP contribution in [-0.2, 0) is 6.18 Å². The first-order valence-corrected chi connectivity index (χ1v) is 5.73. The number of pyridine rings is 1. The first kappa shape index (κ1) is 12.6. The molecule has 1 amide bonds. The molecule has 0 saturated carbocycles. The smallest absolute Gasteiger partial charge is 0.320 e. The molecule has 0 radical (unpaired) electrons. The van der Waals surface area contributed by atoms with E-state index in [9.17, 15) is 18.0 Å². The van der Waals surface area contributed by atoms with Gasteiger partial charge < -0.3 is 5.32 Å². The maximum Gasteiger partial charge on any atom is 0.433 e. The van der Waals surface area contributed by atoms with Crippen LogP contribution in [0, 0.1) is 0 Å². The summed E-state index contributed by atoms with van der Waals surface area (Å²) < 4.78 is 36.8. The lowest BCUT2D eigenvalue weighted by Gasteiger charge is -2.07. The summed E-state index contributed by atoms with van der Waals surface area (Å²) in [7, 11) is 0. The molecule has 7 heteroatoms. The Morgan fingerprint density at radius 2 is 2.06 bits per heavy atom. The van der Waals surface area contributed by atoms with Crippen LogP contribution in [0.4, 0.5) is 18.9 Å². The standard InChI is InChI=1S/C11H7F3N2OS/c12-11(13,14)9-4-3-7(6-15-9)16-10(17)8-2-1-5-18-8/h1-6H,(H,16,17). The second kappa shape index (κ2) is 4.77. The van der Waals surface area contributed by atoms with Gasteiger partial charge in [0.1, 0.15) is 5.69 Å². The van der Waals surface area contributed by atoms with Crippen LogP contribution in [0.2, 0.25) is 0 Å². The van der Waals surface area contributed by atoms with Gasteiger partial charge in [0.05, 0.1) is 16.8 Å². The average Bonchev–Trinajstić information content (AvgIpc) is 2.82. The molecular formula is C11H7F3N2OS. The van der Waals surface area contributed by atoms with E-state index in [1.807, 2.05) is 0 Å². The minimum absolute atomic E-state index is 0.224. The van der Waals surface area contributed by atoms with Gasteiger partial charge in [-0.25, -0.2) is 4.98 Å². The molecule has 0 atom stereocenters. The second-order valence-electron chi connectivity index (χ2n) is 3.36. The third-order valence-corrected chi connectivity index (χ3v) is 2.93. The molecule has 2 heterocycles. The van der Waals surface area contributed by atoms with Gasteiger partial charge in [0.2, 0.25) is 0 Å². The first-order chi connectivity index (χ1) is 8.47. The Morgan fingerprint density at radius 1 is 1.28 bits per heavy atom. The van der Waals surface area contributed by atoms with E-state index >= 15 is 0 Å². The molecule has 94 valence electrons. The molecule has 0 aliphatic rings. The number of carbonyl (C=O) groups is 1. The van der Waals surface area contributed by atoms with Crippen molar-refractivity contribution in [2.45, 2.75) is 6.18 Å². The molecule has 0 aliphatic carbocycles. The quantitative estimate of drug-likeness (QED) is 0.910. The Bertz CT molecular complexity index is 534. The van der Waals surface area contributed by atoms with Crippen LogP contribution in [0.1, 0.15) is 15.4 Å². The zero-order valence-corrected chi connectivity index (χ0v) is 9.68. The lowest BCUT2D eigenvalue weighted by atomic mass is 10.3. The molecule has 1 N–H and O–H groups in total. The third-order valence-electron chi connectivity index (χ3n) is 2.06. The van der Waals surface area contributed by atoms with E-state index in [0.29, 0.717) is 4.88 Å². The van der Waals surface area contributed by atoms with Crippen molar-refractivity contribution < 1.29 is 18.0 Å².